The smallest absolute Gasteiger partial charge is 0.408 e. The van der Waals surface area contributed by atoms with Crippen LogP contribution in [0.2, 0.25) is 0 Å². The van der Waals surface area contributed by atoms with Crippen LogP contribution >= 0.6 is 9.24 Å². The Kier molecular flexibility index (Phi) is 6.63. The van der Waals surface area contributed by atoms with Gasteiger partial charge in [-0.25, -0.2) is 4.39 Å². The first-order valence-corrected chi connectivity index (χ1v) is 14.7. The third-order valence-corrected chi connectivity index (χ3v) is 9.02. The zero-order valence-electron chi connectivity index (χ0n) is 22.5. The molecule has 13 heteroatoms. The number of rotatable bonds is 7. The highest BCUT2D eigenvalue weighted by atomic mass is 31.0. The number of aromatic hydroxyl groups is 1. The molecule has 0 aliphatic carbocycles. The van der Waals surface area contributed by atoms with Crippen LogP contribution in [-0.4, -0.2) is 81.2 Å². The van der Waals surface area contributed by atoms with E-state index in [1.165, 1.54) is 21.5 Å². The van der Waals surface area contributed by atoms with Crippen LogP contribution in [0.4, 0.5) is 19.0 Å². The molecule has 0 spiro atoms. The molecule has 4 aliphatic rings. The summed E-state index contributed by atoms with van der Waals surface area (Å²) in [5, 5.41) is 14.1. The van der Waals surface area contributed by atoms with Crippen molar-refractivity contribution in [2.75, 3.05) is 37.7 Å². The second-order valence-electron chi connectivity index (χ2n) is 11.6. The number of nitrogens with zero attached hydrogens (tertiary/aromatic N) is 5. The first-order valence-electron chi connectivity index (χ1n) is 14.1. The number of ether oxygens (including phenoxy) is 2. The van der Waals surface area contributed by atoms with Crippen LogP contribution in [0.1, 0.15) is 38.5 Å². The van der Waals surface area contributed by atoms with Crippen LogP contribution in [-0.2, 0) is 0 Å². The van der Waals surface area contributed by atoms with Crippen LogP contribution in [0.3, 0.4) is 0 Å². The number of hydrogen-bond acceptors (Lipinski definition) is 9. The molecule has 9 nitrogen and oxygen atoms in total. The van der Waals surface area contributed by atoms with Gasteiger partial charge in [0.1, 0.15) is 35.1 Å². The molecule has 4 aliphatic heterocycles. The van der Waals surface area contributed by atoms with Crippen molar-refractivity contribution in [2.24, 2.45) is 0 Å². The zero-order chi connectivity index (χ0) is 28.4. The second-order valence-corrected chi connectivity index (χ2v) is 12.3. The average Bonchev–Trinajstić information content (AvgIpc) is 3.61. The highest BCUT2D eigenvalue weighted by Gasteiger charge is 2.45. The van der Waals surface area contributed by atoms with E-state index in [-0.39, 0.29) is 39.8 Å². The first kappa shape index (κ1) is 26.9. The van der Waals surface area contributed by atoms with Crippen molar-refractivity contribution in [3.8, 4) is 28.8 Å². The average molecular weight is 589 g/mol. The fourth-order valence-corrected chi connectivity index (χ4v) is 7.21. The number of aromatic nitrogens is 3. The molecular weight excluding hydrogens is 556 g/mol. The third kappa shape index (κ3) is 5.04. The highest BCUT2D eigenvalue weighted by Crippen LogP contribution is 2.42. The summed E-state index contributed by atoms with van der Waals surface area (Å²) in [5.41, 5.74) is -0.475. The van der Waals surface area contributed by atoms with Crippen molar-refractivity contribution in [3.05, 3.63) is 30.2 Å². The van der Waals surface area contributed by atoms with Crippen molar-refractivity contribution in [1.82, 2.24) is 25.2 Å². The Balaban J connectivity index is 1.32. The Hall–Kier alpha value is -2.95. The molecule has 6 heterocycles. The number of phenols is 1. The van der Waals surface area contributed by atoms with Crippen molar-refractivity contribution < 1.29 is 27.8 Å². The van der Waals surface area contributed by atoms with E-state index in [4.69, 9.17) is 14.5 Å². The molecule has 4 fully saturated rings. The van der Waals surface area contributed by atoms with Gasteiger partial charge in [-0.15, -0.1) is 0 Å². The molecule has 0 radical (unpaired) electrons. The Labute approximate surface area is 237 Å². The Bertz CT molecular complexity index is 1470. The maximum absolute atomic E-state index is 16.4. The Morgan fingerprint density at radius 2 is 1.85 bits per heavy atom. The quantitative estimate of drug-likeness (QED) is 0.392. The van der Waals surface area contributed by atoms with Gasteiger partial charge in [-0.1, -0.05) is 0 Å². The Morgan fingerprint density at radius 3 is 2.56 bits per heavy atom. The second kappa shape index (κ2) is 10.1. The van der Waals surface area contributed by atoms with Gasteiger partial charge in [-0.3, -0.25) is 9.88 Å². The number of halogens is 3. The molecule has 3 atom stereocenters. The predicted octanol–water partition coefficient (Wildman–Crippen LogP) is 4.29. The molecule has 1 aromatic carbocycles. The van der Waals surface area contributed by atoms with E-state index in [1.54, 1.807) is 0 Å². The van der Waals surface area contributed by atoms with E-state index in [2.05, 4.69) is 25.1 Å². The SMILES string of the molecule is Oc1ccc(OC(F)(F)P)c(-c2ncc3c(N4CC5CCC(C4)N5)nc(OCC45CCCN4CCC5)nc3c2F)c1. The lowest BCUT2D eigenvalue weighted by molar-refractivity contribution is -0.0889. The van der Waals surface area contributed by atoms with Gasteiger partial charge in [0, 0.05) is 36.9 Å². The van der Waals surface area contributed by atoms with Gasteiger partial charge in [0.05, 0.1) is 10.9 Å². The lowest BCUT2D eigenvalue weighted by atomic mass is 9.95. The van der Waals surface area contributed by atoms with Gasteiger partial charge < -0.3 is 24.8 Å². The third-order valence-electron chi connectivity index (χ3n) is 8.91. The summed E-state index contributed by atoms with van der Waals surface area (Å²) in [7, 11) is 1.29. The van der Waals surface area contributed by atoms with Gasteiger partial charge >= 0.3 is 11.9 Å². The molecule has 2 N–H and O–H groups in total. The number of phenolic OH excluding ortho intramolecular Hbond substituents is 1. The van der Waals surface area contributed by atoms with Crippen LogP contribution in [0.15, 0.2) is 24.4 Å². The van der Waals surface area contributed by atoms with Crippen LogP contribution in [0.25, 0.3) is 22.2 Å². The molecule has 4 saturated heterocycles. The topological polar surface area (TPSA) is 95.9 Å². The van der Waals surface area contributed by atoms with Crippen LogP contribution in [0, 0.1) is 5.82 Å². The normalized spacial score (nSPS) is 23.8. The maximum atomic E-state index is 16.4. The zero-order valence-corrected chi connectivity index (χ0v) is 23.6. The standard InChI is InChI=1S/C28H32F3N6O3P/c29-22-23(19-11-18(38)5-6-21(19)40-28(30,31)41)32-12-20-24(22)34-26(39-15-27-7-1-9-37(27)10-2-8-27)35-25(20)36-13-16-3-4-17(14-36)33-16/h5-6,11-12,16-17,33,38H,1-4,7-10,13-15,41H2. The number of hydrogen-bond donors (Lipinski definition) is 2. The molecule has 218 valence electrons. The molecule has 0 saturated carbocycles. The molecule has 3 unspecified atom stereocenters. The van der Waals surface area contributed by atoms with E-state index >= 15 is 4.39 Å². The summed E-state index contributed by atoms with van der Waals surface area (Å²) in [6, 6.07) is 4.18. The van der Waals surface area contributed by atoms with Crippen LogP contribution in [0.5, 0.6) is 17.5 Å². The summed E-state index contributed by atoms with van der Waals surface area (Å²) < 4.78 is 54.9. The molecule has 2 bridgehead atoms. The maximum Gasteiger partial charge on any atom is 0.408 e. The van der Waals surface area contributed by atoms with Crippen molar-refractivity contribution >= 4 is 26.0 Å². The highest BCUT2D eigenvalue weighted by molar-refractivity contribution is 7.17. The van der Waals surface area contributed by atoms with E-state index in [0.29, 0.717) is 43.0 Å². The number of nitrogens with one attached hydrogen (secondary N) is 1. The molecule has 0 amide bonds. The van der Waals surface area contributed by atoms with E-state index < -0.39 is 11.7 Å². The first-order chi connectivity index (χ1) is 19.7. The molecular formula is C28H32F3N6O3P. The number of fused-ring (bicyclic) bond motifs is 4. The van der Waals surface area contributed by atoms with Gasteiger partial charge in [0.2, 0.25) is 0 Å². The lowest BCUT2D eigenvalue weighted by Crippen LogP contribution is -2.51. The number of alkyl halides is 2. The van der Waals surface area contributed by atoms with Gasteiger partial charge in [-0.2, -0.15) is 18.7 Å². The molecule has 41 heavy (non-hydrogen) atoms. The summed E-state index contributed by atoms with van der Waals surface area (Å²) in [6.07, 6.45) is 7.88. The van der Waals surface area contributed by atoms with E-state index in [1.807, 2.05) is 0 Å². The van der Waals surface area contributed by atoms with Gasteiger partial charge in [-0.05, 0) is 79.1 Å². The van der Waals surface area contributed by atoms with Crippen molar-refractivity contribution in [2.45, 2.75) is 62.0 Å². The molecule has 7 rings (SSSR count). The van der Waals surface area contributed by atoms with Gasteiger partial charge in [0.25, 0.3) is 0 Å². The van der Waals surface area contributed by atoms with E-state index in [0.717, 1.165) is 63.7 Å². The summed E-state index contributed by atoms with van der Waals surface area (Å²) in [4.78, 5) is 18.2. The lowest BCUT2D eigenvalue weighted by Gasteiger charge is -2.34. The van der Waals surface area contributed by atoms with Gasteiger partial charge in [0.15, 0.2) is 5.82 Å². The van der Waals surface area contributed by atoms with Crippen LogP contribution < -0.4 is 19.7 Å². The summed E-state index contributed by atoms with van der Waals surface area (Å²) >= 11 is 0. The number of pyridine rings is 1. The summed E-state index contributed by atoms with van der Waals surface area (Å²) in [6.45, 7) is 3.92. The number of anilines is 1. The molecule has 2 aromatic heterocycles. The minimum atomic E-state index is -3.61. The predicted molar refractivity (Wildman–Crippen MR) is 150 cm³/mol. The number of piperazine rings is 1. The van der Waals surface area contributed by atoms with E-state index in [9.17, 15) is 13.9 Å². The minimum Gasteiger partial charge on any atom is -0.508 e. The van der Waals surface area contributed by atoms with Crippen molar-refractivity contribution in [1.29, 1.82) is 0 Å². The Morgan fingerprint density at radius 1 is 1.12 bits per heavy atom. The number of benzene rings is 1. The minimum absolute atomic E-state index is 0.0278. The van der Waals surface area contributed by atoms with Crippen molar-refractivity contribution in [3.63, 3.8) is 0 Å². The largest absolute Gasteiger partial charge is 0.508 e. The molecule has 3 aromatic rings. The fraction of sp³-hybridized carbons (Fsp3) is 0.536. The fourth-order valence-electron chi connectivity index (χ4n) is 7.08. The summed E-state index contributed by atoms with van der Waals surface area (Å²) in [5.74, 6) is -4.48. The monoisotopic (exact) mass is 588 g/mol.